The maximum Gasteiger partial charge on any atom is 0.338 e. The van der Waals surface area contributed by atoms with Crippen LogP contribution in [-0.4, -0.2) is 55.3 Å². The van der Waals surface area contributed by atoms with Crippen molar-refractivity contribution in [2.24, 2.45) is 0 Å². The Morgan fingerprint density at radius 1 is 0.826 bits per heavy atom. The van der Waals surface area contributed by atoms with Crippen LogP contribution in [0.4, 0.5) is 21.9 Å². The van der Waals surface area contributed by atoms with Crippen molar-refractivity contribution in [1.82, 2.24) is 5.32 Å². The second kappa shape index (κ2) is 13.9. The molecular weight excluding hydrogens is 584 g/mol. The van der Waals surface area contributed by atoms with Crippen LogP contribution in [-0.2, 0) is 9.53 Å². The number of anilines is 3. The van der Waals surface area contributed by atoms with E-state index in [9.17, 15) is 24.0 Å². The topological polar surface area (TPSA) is 125 Å². The number of aryl methyl sites for hydroxylation is 2. The third-order valence-electron chi connectivity index (χ3n) is 7.59. The van der Waals surface area contributed by atoms with E-state index < -0.39 is 23.9 Å². The van der Waals surface area contributed by atoms with Crippen LogP contribution in [0.25, 0.3) is 0 Å². The van der Waals surface area contributed by atoms with Gasteiger partial charge in [-0.2, -0.15) is 0 Å². The minimum absolute atomic E-state index is 0.198. The van der Waals surface area contributed by atoms with Crippen LogP contribution in [0.2, 0.25) is 0 Å². The van der Waals surface area contributed by atoms with Crippen molar-refractivity contribution in [3.05, 3.63) is 125 Å². The van der Waals surface area contributed by atoms with Crippen LogP contribution in [0.5, 0.6) is 0 Å². The standard InChI is InChI=1S/C36H34N4O6/c1-4-46-35(44)26-14-10-15-27(20-26)37-36(45)38-29-21-39(33(42)25-12-6-5-7-13-25)30-18-17-23(2)19-31(30)40(34(29)43)22-32(41)28-16-9-8-11-24(28)3/h5-20,29H,4,21-22H2,1-3H3,(H2,37,38,45). The van der Waals surface area contributed by atoms with E-state index in [4.69, 9.17) is 4.74 Å². The molecule has 0 saturated carbocycles. The molecule has 0 fully saturated rings. The number of ketones is 1. The molecule has 0 radical (unpaired) electrons. The molecule has 10 nitrogen and oxygen atoms in total. The van der Waals surface area contributed by atoms with E-state index in [-0.39, 0.29) is 37.0 Å². The van der Waals surface area contributed by atoms with E-state index in [1.165, 1.54) is 15.9 Å². The van der Waals surface area contributed by atoms with Gasteiger partial charge >= 0.3 is 12.0 Å². The SMILES string of the molecule is CCOC(=O)c1cccc(NC(=O)NC2CN(C(=O)c3ccccc3)c3ccc(C)cc3N(CC(=O)c3ccccc3C)C2=O)c1. The Labute approximate surface area is 267 Å². The number of rotatable bonds is 8. The normalized spacial score (nSPS) is 14.2. The summed E-state index contributed by atoms with van der Waals surface area (Å²) in [5.41, 5.74) is 3.79. The summed E-state index contributed by atoms with van der Waals surface area (Å²) in [4.78, 5) is 70.2. The van der Waals surface area contributed by atoms with Crippen molar-refractivity contribution in [2.45, 2.75) is 26.8 Å². The summed E-state index contributed by atoms with van der Waals surface area (Å²) in [6, 6.07) is 25.3. The van der Waals surface area contributed by atoms with Gasteiger partial charge in [0.25, 0.3) is 11.8 Å². The fourth-order valence-corrected chi connectivity index (χ4v) is 5.32. The quantitative estimate of drug-likeness (QED) is 0.197. The van der Waals surface area contributed by atoms with Crippen LogP contribution < -0.4 is 20.4 Å². The zero-order valence-electron chi connectivity index (χ0n) is 25.8. The average molecular weight is 619 g/mol. The van der Waals surface area contributed by atoms with Crippen molar-refractivity contribution in [3.63, 3.8) is 0 Å². The monoisotopic (exact) mass is 618 g/mol. The minimum atomic E-state index is -1.24. The molecule has 5 rings (SSSR count). The van der Waals surface area contributed by atoms with Crippen molar-refractivity contribution in [1.29, 1.82) is 0 Å². The molecule has 10 heteroatoms. The molecule has 2 N–H and O–H groups in total. The summed E-state index contributed by atoms with van der Waals surface area (Å²) in [5, 5.41) is 5.37. The molecule has 0 aromatic heterocycles. The van der Waals surface area contributed by atoms with Crippen LogP contribution >= 0.6 is 0 Å². The van der Waals surface area contributed by atoms with Gasteiger partial charge < -0.3 is 25.2 Å². The molecule has 46 heavy (non-hydrogen) atoms. The van der Waals surface area contributed by atoms with Gasteiger partial charge in [-0.1, -0.05) is 54.6 Å². The highest BCUT2D eigenvalue weighted by molar-refractivity contribution is 6.15. The number of carbonyl (C=O) groups is 5. The lowest BCUT2D eigenvalue weighted by atomic mass is 10.0. The summed E-state index contributed by atoms with van der Waals surface area (Å²) in [6.45, 7) is 5.06. The van der Waals surface area contributed by atoms with Gasteiger partial charge in [-0.05, 0) is 74.4 Å². The second-order valence-corrected chi connectivity index (χ2v) is 10.9. The molecule has 4 amide bonds. The lowest BCUT2D eigenvalue weighted by Gasteiger charge is -2.26. The van der Waals surface area contributed by atoms with Crippen molar-refractivity contribution < 1.29 is 28.7 Å². The first-order valence-electron chi connectivity index (χ1n) is 14.9. The van der Waals surface area contributed by atoms with Gasteiger partial charge in [-0.15, -0.1) is 0 Å². The zero-order valence-corrected chi connectivity index (χ0v) is 25.8. The van der Waals surface area contributed by atoms with E-state index in [1.807, 2.05) is 32.0 Å². The Hall–Kier alpha value is -5.77. The molecule has 1 atom stereocenters. The summed E-state index contributed by atoms with van der Waals surface area (Å²) in [7, 11) is 0. The van der Waals surface area contributed by atoms with Crippen LogP contribution in [0.3, 0.4) is 0 Å². The first kappa shape index (κ1) is 31.6. The summed E-state index contributed by atoms with van der Waals surface area (Å²) < 4.78 is 5.05. The predicted molar refractivity (Wildman–Crippen MR) is 176 cm³/mol. The van der Waals surface area contributed by atoms with E-state index in [1.54, 1.807) is 79.7 Å². The van der Waals surface area contributed by atoms with Gasteiger partial charge in [0, 0.05) is 16.8 Å². The molecule has 1 aliphatic rings. The second-order valence-electron chi connectivity index (χ2n) is 10.9. The lowest BCUT2D eigenvalue weighted by Crippen LogP contribution is -2.54. The van der Waals surface area contributed by atoms with Gasteiger partial charge in [0.1, 0.15) is 6.04 Å². The number of hydrogen-bond acceptors (Lipinski definition) is 6. The van der Waals surface area contributed by atoms with E-state index in [0.29, 0.717) is 28.2 Å². The highest BCUT2D eigenvalue weighted by atomic mass is 16.5. The minimum Gasteiger partial charge on any atom is -0.462 e. The molecule has 0 aliphatic carbocycles. The van der Waals surface area contributed by atoms with Crippen molar-refractivity contribution in [3.8, 4) is 0 Å². The molecule has 4 aromatic carbocycles. The van der Waals surface area contributed by atoms with Gasteiger partial charge in [-0.25, -0.2) is 9.59 Å². The number of esters is 1. The number of nitrogens with zero attached hydrogens (tertiary/aromatic N) is 2. The summed E-state index contributed by atoms with van der Waals surface area (Å²) >= 11 is 0. The number of Topliss-reactive ketones (excluding diaryl/α,β-unsaturated/α-hetero) is 1. The molecular formula is C36H34N4O6. The third-order valence-corrected chi connectivity index (χ3v) is 7.59. The van der Waals surface area contributed by atoms with E-state index >= 15 is 0 Å². The molecule has 0 bridgehead atoms. The van der Waals surface area contributed by atoms with Crippen molar-refractivity contribution in [2.75, 3.05) is 34.8 Å². The molecule has 1 unspecified atom stereocenters. The number of amides is 4. The molecule has 234 valence electrons. The van der Waals surface area contributed by atoms with Crippen LogP contribution in [0, 0.1) is 13.8 Å². The highest BCUT2D eigenvalue weighted by Crippen LogP contribution is 2.35. The molecule has 1 aliphatic heterocycles. The Morgan fingerprint density at radius 2 is 1.54 bits per heavy atom. The third kappa shape index (κ3) is 6.96. The van der Waals surface area contributed by atoms with E-state index in [2.05, 4.69) is 10.6 Å². The fourth-order valence-electron chi connectivity index (χ4n) is 5.32. The van der Waals surface area contributed by atoms with Crippen LogP contribution in [0.1, 0.15) is 49.1 Å². The summed E-state index contributed by atoms with van der Waals surface area (Å²) in [6.07, 6.45) is 0. The average Bonchev–Trinajstić information content (AvgIpc) is 3.15. The Bertz CT molecular complexity index is 1810. The van der Waals surface area contributed by atoms with Gasteiger partial charge in [0.2, 0.25) is 0 Å². The maximum atomic E-state index is 14.3. The van der Waals surface area contributed by atoms with E-state index in [0.717, 1.165) is 11.1 Å². The number of hydrogen-bond donors (Lipinski definition) is 2. The number of ether oxygens (including phenoxy) is 1. The number of urea groups is 1. The number of nitrogens with one attached hydrogen (secondary N) is 2. The number of benzene rings is 4. The number of carbonyl (C=O) groups excluding carboxylic acids is 5. The largest absolute Gasteiger partial charge is 0.462 e. The lowest BCUT2D eigenvalue weighted by molar-refractivity contribution is -0.119. The molecule has 1 heterocycles. The van der Waals surface area contributed by atoms with Gasteiger partial charge in [0.15, 0.2) is 5.78 Å². The number of fused-ring (bicyclic) bond motifs is 1. The molecule has 0 spiro atoms. The fraction of sp³-hybridized carbons (Fsp3) is 0.194. The Balaban J connectivity index is 1.51. The van der Waals surface area contributed by atoms with Crippen LogP contribution in [0.15, 0.2) is 97.1 Å². The Kier molecular flexibility index (Phi) is 9.56. The smallest absolute Gasteiger partial charge is 0.338 e. The predicted octanol–water partition coefficient (Wildman–Crippen LogP) is 5.55. The first-order chi connectivity index (χ1) is 22.2. The van der Waals surface area contributed by atoms with Crippen molar-refractivity contribution >= 4 is 46.7 Å². The van der Waals surface area contributed by atoms with Gasteiger partial charge in [-0.3, -0.25) is 14.4 Å². The van der Waals surface area contributed by atoms with Gasteiger partial charge in [0.05, 0.1) is 36.6 Å². The molecule has 0 saturated heterocycles. The molecule has 4 aromatic rings. The summed E-state index contributed by atoms with van der Waals surface area (Å²) in [5.74, 6) is -1.77. The highest BCUT2D eigenvalue weighted by Gasteiger charge is 2.38. The zero-order chi connectivity index (χ0) is 32.8. The first-order valence-corrected chi connectivity index (χ1v) is 14.9. The Morgan fingerprint density at radius 3 is 2.28 bits per heavy atom. The maximum absolute atomic E-state index is 14.3.